The van der Waals surface area contributed by atoms with Gasteiger partial charge in [-0.3, -0.25) is 4.79 Å². The maximum absolute atomic E-state index is 12.7. The molecule has 0 aromatic heterocycles. The van der Waals surface area contributed by atoms with Gasteiger partial charge in [-0.15, -0.1) is 0 Å². The number of carbonyl (C=O) groups excluding carboxylic acids is 1. The molecule has 128 valence electrons. The standard InChI is InChI=1S/C19H23NO4/c1-13-8-6-7-9-15(13)19(21)20(2)12-14-10-11-16(22-3)18(24-5)17(14)23-4/h6-11H,12H2,1-5H3. The van der Waals surface area contributed by atoms with Gasteiger partial charge in [-0.05, 0) is 30.7 Å². The van der Waals surface area contributed by atoms with Crippen molar-refractivity contribution in [2.45, 2.75) is 13.5 Å². The van der Waals surface area contributed by atoms with Crippen molar-refractivity contribution in [3.8, 4) is 17.2 Å². The second kappa shape index (κ2) is 7.73. The van der Waals surface area contributed by atoms with Gasteiger partial charge >= 0.3 is 0 Å². The van der Waals surface area contributed by atoms with Gasteiger partial charge < -0.3 is 19.1 Å². The van der Waals surface area contributed by atoms with Crippen molar-refractivity contribution < 1.29 is 19.0 Å². The van der Waals surface area contributed by atoms with Gasteiger partial charge in [0.15, 0.2) is 11.5 Å². The highest BCUT2D eigenvalue weighted by Crippen LogP contribution is 2.40. The Morgan fingerprint density at radius 1 is 0.958 bits per heavy atom. The van der Waals surface area contributed by atoms with E-state index in [1.807, 2.05) is 43.3 Å². The molecule has 2 rings (SSSR count). The molecule has 2 aromatic rings. The summed E-state index contributed by atoms with van der Waals surface area (Å²) in [7, 11) is 6.48. The summed E-state index contributed by atoms with van der Waals surface area (Å²) in [6.07, 6.45) is 0. The molecule has 24 heavy (non-hydrogen) atoms. The van der Waals surface area contributed by atoms with Crippen molar-refractivity contribution in [2.75, 3.05) is 28.4 Å². The van der Waals surface area contributed by atoms with Crippen LogP contribution in [0.15, 0.2) is 36.4 Å². The predicted octanol–water partition coefficient (Wildman–Crippen LogP) is 3.29. The third-order valence-electron chi connectivity index (χ3n) is 3.92. The SMILES string of the molecule is COc1ccc(CN(C)C(=O)c2ccccc2C)c(OC)c1OC. The lowest BCUT2D eigenvalue weighted by Crippen LogP contribution is -2.27. The van der Waals surface area contributed by atoms with Gasteiger partial charge in [-0.1, -0.05) is 18.2 Å². The minimum atomic E-state index is -0.0371. The first-order valence-electron chi connectivity index (χ1n) is 7.62. The Labute approximate surface area is 142 Å². The number of carbonyl (C=O) groups is 1. The van der Waals surface area contributed by atoms with Crippen LogP contribution in [0.3, 0.4) is 0 Å². The minimum Gasteiger partial charge on any atom is -0.493 e. The van der Waals surface area contributed by atoms with Crippen molar-refractivity contribution in [3.63, 3.8) is 0 Å². The highest BCUT2D eigenvalue weighted by atomic mass is 16.5. The van der Waals surface area contributed by atoms with Crippen molar-refractivity contribution in [1.82, 2.24) is 4.90 Å². The van der Waals surface area contributed by atoms with E-state index in [1.165, 1.54) is 0 Å². The van der Waals surface area contributed by atoms with Gasteiger partial charge in [0.2, 0.25) is 5.75 Å². The first kappa shape index (κ1) is 17.7. The lowest BCUT2D eigenvalue weighted by Gasteiger charge is -2.21. The van der Waals surface area contributed by atoms with Crippen molar-refractivity contribution >= 4 is 5.91 Å². The Morgan fingerprint density at radius 2 is 1.62 bits per heavy atom. The molecule has 0 unspecified atom stereocenters. The van der Waals surface area contributed by atoms with Crippen LogP contribution < -0.4 is 14.2 Å². The van der Waals surface area contributed by atoms with Gasteiger partial charge in [-0.25, -0.2) is 0 Å². The fourth-order valence-electron chi connectivity index (χ4n) is 2.63. The van der Waals surface area contributed by atoms with Gasteiger partial charge in [-0.2, -0.15) is 0 Å². The molecule has 0 aliphatic heterocycles. The maximum atomic E-state index is 12.7. The zero-order chi connectivity index (χ0) is 17.7. The van der Waals surface area contributed by atoms with Crippen LogP contribution in [0, 0.1) is 6.92 Å². The summed E-state index contributed by atoms with van der Waals surface area (Å²) in [6.45, 7) is 2.33. The Morgan fingerprint density at radius 3 is 2.21 bits per heavy atom. The molecular formula is C19H23NO4. The van der Waals surface area contributed by atoms with Crippen LogP contribution in [0.1, 0.15) is 21.5 Å². The normalized spacial score (nSPS) is 10.2. The monoisotopic (exact) mass is 329 g/mol. The van der Waals surface area contributed by atoms with E-state index in [9.17, 15) is 4.79 Å². The topological polar surface area (TPSA) is 48.0 Å². The van der Waals surface area contributed by atoms with Crippen LogP contribution in [0.4, 0.5) is 0 Å². The Kier molecular flexibility index (Phi) is 5.68. The van der Waals surface area contributed by atoms with Crippen LogP contribution in [-0.2, 0) is 6.54 Å². The number of hydrogen-bond acceptors (Lipinski definition) is 4. The summed E-state index contributed by atoms with van der Waals surface area (Å²) in [6, 6.07) is 11.2. The smallest absolute Gasteiger partial charge is 0.254 e. The third kappa shape index (κ3) is 3.45. The number of nitrogens with zero attached hydrogens (tertiary/aromatic N) is 1. The maximum Gasteiger partial charge on any atom is 0.254 e. The number of benzene rings is 2. The summed E-state index contributed by atoms with van der Waals surface area (Å²) in [5.41, 5.74) is 2.49. The summed E-state index contributed by atoms with van der Waals surface area (Å²) in [5, 5.41) is 0. The number of methoxy groups -OCH3 is 3. The molecule has 0 bridgehead atoms. The number of hydrogen-bond donors (Lipinski definition) is 0. The van der Waals surface area contributed by atoms with Crippen LogP contribution in [-0.4, -0.2) is 39.2 Å². The van der Waals surface area contributed by atoms with Gasteiger partial charge in [0.25, 0.3) is 5.91 Å². The van der Waals surface area contributed by atoms with E-state index in [-0.39, 0.29) is 5.91 Å². The molecule has 0 N–H and O–H groups in total. The van der Waals surface area contributed by atoms with Gasteiger partial charge in [0.1, 0.15) is 0 Å². The third-order valence-corrected chi connectivity index (χ3v) is 3.92. The molecule has 5 heteroatoms. The zero-order valence-corrected chi connectivity index (χ0v) is 14.8. The van der Waals surface area contributed by atoms with Crippen LogP contribution in [0.25, 0.3) is 0 Å². The second-order valence-corrected chi connectivity index (χ2v) is 5.47. The average Bonchev–Trinajstić information content (AvgIpc) is 2.60. The molecule has 0 saturated carbocycles. The molecule has 0 heterocycles. The Bertz CT molecular complexity index is 727. The number of ether oxygens (including phenoxy) is 3. The zero-order valence-electron chi connectivity index (χ0n) is 14.8. The van der Waals surface area contributed by atoms with Crippen LogP contribution in [0.2, 0.25) is 0 Å². The Balaban J connectivity index is 2.30. The number of rotatable bonds is 6. The molecule has 0 aliphatic rings. The minimum absolute atomic E-state index is 0.0371. The molecule has 1 amide bonds. The van der Waals surface area contributed by atoms with Crippen molar-refractivity contribution in [3.05, 3.63) is 53.1 Å². The van der Waals surface area contributed by atoms with E-state index >= 15 is 0 Å². The Hall–Kier alpha value is -2.69. The van der Waals surface area contributed by atoms with E-state index in [2.05, 4.69) is 0 Å². The molecule has 5 nitrogen and oxygen atoms in total. The molecule has 0 saturated heterocycles. The lowest BCUT2D eigenvalue weighted by atomic mass is 10.1. The van der Waals surface area contributed by atoms with Gasteiger partial charge in [0, 0.05) is 24.7 Å². The first-order valence-corrected chi connectivity index (χ1v) is 7.62. The largest absolute Gasteiger partial charge is 0.493 e. The molecular weight excluding hydrogens is 306 g/mol. The average molecular weight is 329 g/mol. The van der Waals surface area contributed by atoms with Gasteiger partial charge in [0.05, 0.1) is 21.3 Å². The van der Waals surface area contributed by atoms with Crippen LogP contribution >= 0.6 is 0 Å². The lowest BCUT2D eigenvalue weighted by molar-refractivity contribution is 0.0783. The molecule has 0 aliphatic carbocycles. The fourth-order valence-corrected chi connectivity index (χ4v) is 2.63. The molecule has 0 fully saturated rings. The van der Waals surface area contributed by atoms with Crippen molar-refractivity contribution in [2.24, 2.45) is 0 Å². The molecule has 0 spiro atoms. The number of aryl methyl sites for hydroxylation is 1. The van der Waals surface area contributed by atoms with E-state index in [0.29, 0.717) is 29.4 Å². The molecule has 0 atom stereocenters. The summed E-state index contributed by atoms with van der Waals surface area (Å²) < 4.78 is 16.2. The van der Waals surface area contributed by atoms with E-state index in [4.69, 9.17) is 14.2 Å². The highest BCUT2D eigenvalue weighted by molar-refractivity contribution is 5.95. The van der Waals surface area contributed by atoms with E-state index in [1.54, 1.807) is 33.3 Å². The van der Waals surface area contributed by atoms with E-state index < -0.39 is 0 Å². The predicted molar refractivity (Wildman–Crippen MR) is 93.1 cm³/mol. The summed E-state index contributed by atoms with van der Waals surface area (Å²) >= 11 is 0. The second-order valence-electron chi connectivity index (χ2n) is 5.47. The highest BCUT2D eigenvalue weighted by Gasteiger charge is 2.20. The van der Waals surface area contributed by atoms with E-state index in [0.717, 1.165) is 11.1 Å². The van der Waals surface area contributed by atoms with Crippen LogP contribution in [0.5, 0.6) is 17.2 Å². The van der Waals surface area contributed by atoms with Crippen molar-refractivity contribution in [1.29, 1.82) is 0 Å². The number of amides is 1. The first-order chi connectivity index (χ1) is 11.5. The molecule has 0 radical (unpaired) electrons. The fraction of sp³-hybridized carbons (Fsp3) is 0.316. The summed E-state index contributed by atoms with van der Waals surface area (Å²) in [4.78, 5) is 14.3. The molecule has 2 aromatic carbocycles. The quantitative estimate of drug-likeness (QED) is 0.816. The summed E-state index contributed by atoms with van der Waals surface area (Å²) in [5.74, 6) is 1.64.